The molecule has 1 atom stereocenters. The largest absolute Gasteiger partial charge is 0.349 e. The molecule has 0 fully saturated rings. The van der Waals surface area contributed by atoms with E-state index in [9.17, 15) is 4.79 Å². The summed E-state index contributed by atoms with van der Waals surface area (Å²) in [6.45, 7) is 4.15. The van der Waals surface area contributed by atoms with E-state index in [1.165, 1.54) is 0 Å². The molecule has 72 valence electrons. The van der Waals surface area contributed by atoms with Crippen molar-refractivity contribution in [2.75, 3.05) is 14.1 Å². The zero-order chi connectivity index (χ0) is 9.72. The van der Waals surface area contributed by atoms with Gasteiger partial charge >= 0.3 is 0 Å². The van der Waals surface area contributed by atoms with E-state index in [1.54, 1.807) is 19.0 Å². The first kappa shape index (κ1) is 11.4. The number of hydrogen-bond acceptors (Lipinski definition) is 2. The molecule has 12 heavy (non-hydrogen) atoms. The van der Waals surface area contributed by atoms with E-state index < -0.39 is 0 Å². The molecule has 3 heteroatoms. The molecule has 0 unspecified atom stereocenters. The molecular formula is C9H20N2O. The number of carbonyl (C=O) groups excluding carboxylic acids is 1. The standard InChI is InChI=1S/C9H20N2O/c1-7(2)8(10)5-6-9(12)11(3)4/h7-8H,5-6,10H2,1-4H3/t8-/m0/s1. The summed E-state index contributed by atoms with van der Waals surface area (Å²) in [4.78, 5) is 12.7. The van der Waals surface area contributed by atoms with Crippen molar-refractivity contribution in [1.82, 2.24) is 4.90 Å². The zero-order valence-corrected chi connectivity index (χ0v) is 8.50. The van der Waals surface area contributed by atoms with Crippen molar-refractivity contribution < 1.29 is 4.79 Å². The highest BCUT2D eigenvalue weighted by Crippen LogP contribution is 2.06. The maximum absolute atomic E-state index is 11.1. The highest BCUT2D eigenvalue weighted by Gasteiger charge is 2.10. The van der Waals surface area contributed by atoms with Gasteiger partial charge in [0.2, 0.25) is 5.91 Å². The van der Waals surface area contributed by atoms with Crippen LogP contribution < -0.4 is 5.73 Å². The van der Waals surface area contributed by atoms with Crippen LogP contribution in [-0.4, -0.2) is 30.9 Å². The van der Waals surface area contributed by atoms with Crippen molar-refractivity contribution in [2.45, 2.75) is 32.7 Å². The Balaban J connectivity index is 3.61. The molecule has 0 rings (SSSR count). The Kier molecular flexibility index (Phi) is 4.90. The van der Waals surface area contributed by atoms with Gasteiger partial charge in [-0.05, 0) is 12.3 Å². The SMILES string of the molecule is CC(C)[C@@H](N)CCC(=O)N(C)C. The molecule has 0 saturated carbocycles. The maximum Gasteiger partial charge on any atom is 0.222 e. The minimum atomic E-state index is 0.147. The summed E-state index contributed by atoms with van der Waals surface area (Å²) in [5, 5.41) is 0. The van der Waals surface area contributed by atoms with Crippen molar-refractivity contribution in [2.24, 2.45) is 11.7 Å². The smallest absolute Gasteiger partial charge is 0.222 e. The van der Waals surface area contributed by atoms with Gasteiger partial charge in [-0.2, -0.15) is 0 Å². The third-order valence-electron chi connectivity index (χ3n) is 2.05. The fourth-order valence-electron chi connectivity index (χ4n) is 0.847. The fraction of sp³-hybridized carbons (Fsp3) is 0.889. The summed E-state index contributed by atoms with van der Waals surface area (Å²) >= 11 is 0. The van der Waals surface area contributed by atoms with E-state index in [2.05, 4.69) is 13.8 Å². The van der Waals surface area contributed by atoms with E-state index in [4.69, 9.17) is 5.73 Å². The molecule has 0 heterocycles. The van der Waals surface area contributed by atoms with Crippen molar-refractivity contribution in [3.05, 3.63) is 0 Å². The van der Waals surface area contributed by atoms with Gasteiger partial charge in [-0.15, -0.1) is 0 Å². The summed E-state index contributed by atoms with van der Waals surface area (Å²) in [7, 11) is 3.53. The Morgan fingerprint density at radius 1 is 1.42 bits per heavy atom. The maximum atomic E-state index is 11.1. The number of hydrogen-bond donors (Lipinski definition) is 1. The first-order valence-electron chi connectivity index (χ1n) is 4.41. The molecule has 0 aliphatic rings. The molecule has 0 aromatic rings. The third-order valence-corrected chi connectivity index (χ3v) is 2.05. The van der Waals surface area contributed by atoms with Gasteiger partial charge in [-0.1, -0.05) is 13.8 Å². The van der Waals surface area contributed by atoms with Gasteiger partial charge in [0.15, 0.2) is 0 Å². The Hall–Kier alpha value is -0.570. The lowest BCUT2D eigenvalue weighted by molar-refractivity contribution is -0.128. The van der Waals surface area contributed by atoms with Crippen LogP contribution in [0.5, 0.6) is 0 Å². The molecule has 0 aliphatic heterocycles. The number of carbonyl (C=O) groups is 1. The second kappa shape index (κ2) is 5.14. The highest BCUT2D eigenvalue weighted by atomic mass is 16.2. The predicted molar refractivity (Wildman–Crippen MR) is 50.7 cm³/mol. The number of rotatable bonds is 4. The first-order valence-corrected chi connectivity index (χ1v) is 4.41. The van der Waals surface area contributed by atoms with Gasteiger partial charge in [0.05, 0.1) is 0 Å². The lowest BCUT2D eigenvalue weighted by atomic mass is 10.0. The summed E-state index contributed by atoms with van der Waals surface area (Å²) in [5.74, 6) is 0.617. The Morgan fingerprint density at radius 3 is 2.25 bits per heavy atom. The van der Waals surface area contributed by atoms with E-state index in [-0.39, 0.29) is 11.9 Å². The van der Waals surface area contributed by atoms with Crippen LogP contribution in [0.3, 0.4) is 0 Å². The Labute approximate surface area is 74.9 Å². The average molecular weight is 172 g/mol. The van der Waals surface area contributed by atoms with Crippen LogP contribution in [0, 0.1) is 5.92 Å². The summed E-state index contributed by atoms with van der Waals surface area (Å²) in [5.41, 5.74) is 5.79. The van der Waals surface area contributed by atoms with E-state index in [1.807, 2.05) is 0 Å². The van der Waals surface area contributed by atoms with Gasteiger partial charge in [-0.3, -0.25) is 4.79 Å². The molecule has 2 N–H and O–H groups in total. The number of nitrogens with zero attached hydrogens (tertiary/aromatic N) is 1. The summed E-state index contributed by atoms with van der Waals surface area (Å²) < 4.78 is 0. The second-order valence-electron chi connectivity index (χ2n) is 3.73. The molecule has 3 nitrogen and oxygen atoms in total. The van der Waals surface area contributed by atoms with Crippen LogP contribution in [0.15, 0.2) is 0 Å². The van der Waals surface area contributed by atoms with Gasteiger partial charge in [0, 0.05) is 26.6 Å². The van der Waals surface area contributed by atoms with Crippen molar-refractivity contribution in [1.29, 1.82) is 0 Å². The van der Waals surface area contributed by atoms with Crippen LogP contribution in [0.4, 0.5) is 0 Å². The molecule has 1 amide bonds. The van der Waals surface area contributed by atoms with Crippen molar-refractivity contribution >= 4 is 5.91 Å². The Morgan fingerprint density at radius 2 is 1.92 bits per heavy atom. The molecular weight excluding hydrogens is 152 g/mol. The number of amides is 1. The highest BCUT2D eigenvalue weighted by molar-refractivity contribution is 5.75. The van der Waals surface area contributed by atoms with Gasteiger partial charge < -0.3 is 10.6 Å². The second-order valence-corrected chi connectivity index (χ2v) is 3.73. The van der Waals surface area contributed by atoms with E-state index >= 15 is 0 Å². The Bertz CT molecular complexity index is 143. The lowest BCUT2D eigenvalue weighted by Crippen LogP contribution is -2.29. The normalized spacial score (nSPS) is 13.2. The monoisotopic (exact) mass is 172 g/mol. The average Bonchev–Trinajstić information content (AvgIpc) is 1.98. The molecule has 0 aromatic carbocycles. The first-order chi connectivity index (χ1) is 5.45. The fourth-order valence-corrected chi connectivity index (χ4v) is 0.847. The summed E-state index contributed by atoms with van der Waals surface area (Å²) in [6, 6.07) is 0.147. The molecule has 0 bridgehead atoms. The van der Waals surface area contributed by atoms with E-state index in [0.29, 0.717) is 12.3 Å². The van der Waals surface area contributed by atoms with Crippen LogP contribution in [-0.2, 0) is 4.79 Å². The minimum absolute atomic E-state index is 0.147. The van der Waals surface area contributed by atoms with E-state index in [0.717, 1.165) is 6.42 Å². The molecule has 0 aromatic heterocycles. The summed E-state index contributed by atoms with van der Waals surface area (Å²) in [6.07, 6.45) is 1.35. The molecule has 0 spiro atoms. The van der Waals surface area contributed by atoms with Crippen molar-refractivity contribution in [3.63, 3.8) is 0 Å². The third kappa shape index (κ3) is 4.34. The lowest BCUT2D eigenvalue weighted by Gasteiger charge is -2.16. The topological polar surface area (TPSA) is 46.3 Å². The molecule has 0 aliphatic carbocycles. The zero-order valence-electron chi connectivity index (χ0n) is 8.50. The van der Waals surface area contributed by atoms with Crippen LogP contribution in [0.1, 0.15) is 26.7 Å². The van der Waals surface area contributed by atoms with Gasteiger partial charge in [-0.25, -0.2) is 0 Å². The van der Waals surface area contributed by atoms with Gasteiger partial charge in [0.1, 0.15) is 0 Å². The molecule has 0 saturated heterocycles. The quantitative estimate of drug-likeness (QED) is 0.683. The van der Waals surface area contributed by atoms with Crippen LogP contribution in [0.2, 0.25) is 0 Å². The van der Waals surface area contributed by atoms with Crippen LogP contribution in [0.25, 0.3) is 0 Å². The predicted octanol–water partition coefficient (Wildman–Crippen LogP) is 0.838. The minimum Gasteiger partial charge on any atom is -0.349 e. The van der Waals surface area contributed by atoms with Crippen molar-refractivity contribution in [3.8, 4) is 0 Å². The number of nitrogens with two attached hydrogens (primary N) is 1. The molecule has 0 radical (unpaired) electrons. The van der Waals surface area contributed by atoms with Gasteiger partial charge in [0.25, 0.3) is 0 Å². The van der Waals surface area contributed by atoms with Crippen LogP contribution >= 0.6 is 0 Å².